The molecule has 0 spiro atoms. The monoisotopic (exact) mass is 412 g/mol. The fraction of sp³-hybridized carbons (Fsp3) is 0.480. The van der Waals surface area contributed by atoms with Gasteiger partial charge in [0.15, 0.2) is 0 Å². The summed E-state index contributed by atoms with van der Waals surface area (Å²) in [5.41, 5.74) is 2.16. The number of carbonyl (C=O) groups is 1. The van der Waals surface area contributed by atoms with Crippen LogP contribution in [-0.4, -0.2) is 18.9 Å². The topological polar surface area (TPSA) is 41.1 Å². The number of nitrogens with one attached hydrogen (secondary N) is 2. The maximum Gasteiger partial charge on any atom is 0.139 e. The number of Topliss-reactive ketones (excluding diaryl/α,β-unsaturated/α-hetero) is 1. The molecule has 2 aliphatic rings. The van der Waals surface area contributed by atoms with Gasteiger partial charge >= 0.3 is 0 Å². The third kappa shape index (κ3) is 4.47. The van der Waals surface area contributed by atoms with Gasteiger partial charge < -0.3 is 10.6 Å². The first-order chi connectivity index (χ1) is 14.4. The van der Waals surface area contributed by atoms with Gasteiger partial charge in [-0.1, -0.05) is 38.1 Å². The third-order valence-electron chi connectivity index (χ3n) is 7.19. The number of hydrogen-bond donors (Lipinski definition) is 2. The third-order valence-corrected chi connectivity index (χ3v) is 7.19. The predicted molar refractivity (Wildman–Crippen MR) is 114 cm³/mol. The summed E-state index contributed by atoms with van der Waals surface area (Å²) < 4.78 is 26.4. The summed E-state index contributed by atoms with van der Waals surface area (Å²) in [6.07, 6.45) is 1.79. The van der Waals surface area contributed by atoms with Crippen molar-refractivity contribution in [1.29, 1.82) is 0 Å². The van der Waals surface area contributed by atoms with Gasteiger partial charge in [-0.25, -0.2) is 8.78 Å². The Morgan fingerprint density at radius 1 is 0.767 bits per heavy atom. The summed E-state index contributed by atoms with van der Waals surface area (Å²) in [7, 11) is 0. The minimum Gasteiger partial charge on any atom is -0.310 e. The molecule has 0 radical (unpaired) electrons. The second-order valence-electron chi connectivity index (χ2n) is 9.00. The molecule has 2 aliphatic heterocycles. The molecule has 2 saturated heterocycles. The fourth-order valence-electron chi connectivity index (χ4n) is 5.07. The van der Waals surface area contributed by atoms with E-state index in [0.717, 1.165) is 37.1 Å². The second kappa shape index (κ2) is 8.94. The zero-order chi connectivity index (χ0) is 21.3. The minimum atomic E-state index is -0.227. The Morgan fingerprint density at radius 2 is 1.13 bits per heavy atom. The molecule has 3 nitrogen and oxygen atoms in total. The van der Waals surface area contributed by atoms with Crippen LogP contribution in [0.3, 0.4) is 0 Å². The molecule has 2 aromatic carbocycles. The molecule has 0 amide bonds. The van der Waals surface area contributed by atoms with Crippen molar-refractivity contribution in [2.24, 2.45) is 23.7 Å². The summed E-state index contributed by atoms with van der Waals surface area (Å²) in [6.45, 7) is 5.72. The first kappa shape index (κ1) is 21.1. The molecule has 6 atom stereocenters. The Balaban J connectivity index is 1.33. The molecule has 5 heteroatoms. The van der Waals surface area contributed by atoms with E-state index < -0.39 is 0 Å². The Hall–Kier alpha value is -2.11. The molecule has 160 valence electrons. The van der Waals surface area contributed by atoms with Gasteiger partial charge in [0, 0.05) is 23.9 Å². The summed E-state index contributed by atoms with van der Waals surface area (Å²) in [5.74, 6) is 0.429. The van der Waals surface area contributed by atoms with E-state index in [-0.39, 0.29) is 47.4 Å². The predicted octanol–water partition coefficient (Wildman–Crippen LogP) is 4.81. The SMILES string of the molecule is CC(C(=O)C(C)C1CNC(c2ccc(F)cc2)C1)C1CNC(c2ccc(F)cc2)C1. The molecule has 2 aromatic rings. The van der Waals surface area contributed by atoms with Crippen LogP contribution in [0.1, 0.15) is 49.9 Å². The van der Waals surface area contributed by atoms with Gasteiger partial charge in [0.05, 0.1) is 0 Å². The largest absolute Gasteiger partial charge is 0.310 e. The molecule has 2 N–H and O–H groups in total. The normalized spacial score (nSPS) is 28.4. The van der Waals surface area contributed by atoms with Gasteiger partial charge in [-0.15, -0.1) is 0 Å². The number of ketones is 1. The van der Waals surface area contributed by atoms with Crippen LogP contribution in [0, 0.1) is 35.3 Å². The highest BCUT2D eigenvalue weighted by atomic mass is 19.1. The maximum absolute atomic E-state index is 13.2. The summed E-state index contributed by atoms with van der Waals surface area (Å²) >= 11 is 0. The van der Waals surface area contributed by atoms with Crippen molar-refractivity contribution in [1.82, 2.24) is 10.6 Å². The van der Waals surface area contributed by atoms with Crippen molar-refractivity contribution in [3.05, 3.63) is 71.3 Å². The zero-order valence-corrected chi connectivity index (χ0v) is 17.6. The van der Waals surface area contributed by atoms with E-state index in [9.17, 15) is 13.6 Å². The molecule has 0 saturated carbocycles. The molecule has 0 bridgehead atoms. The van der Waals surface area contributed by atoms with E-state index in [4.69, 9.17) is 0 Å². The molecule has 0 aliphatic carbocycles. The Kier molecular flexibility index (Phi) is 6.30. The lowest BCUT2D eigenvalue weighted by molar-refractivity contribution is -0.128. The van der Waals surface area contributed by atoms with Gasteiger partial charge in [-0.2, -0.15) is 0 Å². The molecular formula is C25H30F2N2O. The standard InChI is InChI=1S/C25H30F2N2O/c1-15(19-11-23(28-13-19)17-3-7-21(26)8-4-17)25(30)16(2)20-12-24(29-14-20)18-5-9-22(27)10-6-18/h3-10,15-16,19-20,23-24,28-29H,11-14H2,1-2H3. The Bertz CT molecular complexity index is 796. The molecule has 6 unspecified atom stereocenters. The van der Waals surface area contributed by atoms with Crippen LogP contribution >= 0.6 is 0 Å². The lowest BCUT2D eigenvalue weighted by Crippen LogP contribution is -2.32. The number of benzene rings is 2. The van der Waals surface area contributed by atoms with E-state index in [2.05, 4.69) is 24.5 Å². The van der Waals surface area contributed by atoms with Gasteiger partial charge in [-0.3, -0.25) is 4.79 Å². The van der Waals surface area contributed by atoms with Crippen LogP contribution in [0.2, 0.25) is 0 Å². The number of rotatable bonds is 6. The van der Waals surface area contributed by atoms with Crippen molar-refractivity contribution < 1.29 is 13.6 Å². The number of hydrogen-bond acceptors (Lipinski definition) is 3. The molecule has 4 rings (SSSR count). The highest BCUT2D eigenvalue weighted by molar-refractivity contribution is 5.83. The molecule has 2 fully saturated rings. The van der Waals surface area contributed by atoms with Crippen LogP contribution in [-0.2, 0) is 4.79 Å². The zero-order valence-electron chi connectivity index (χ0n) is 17.6. The van der Waals surface area contributed by atoms with Crippen LogP contribution in [0.4, 0.5) is 8.78 Å². The summed E-state index contributed by atoms with van der Waals surface area (Å²) in [5, 5.41) is 7.00. The average Bonchev–Trinajstić information content (AvgIpc) is 3.43. The van der Waals surface area contributed by atoms with Crippen molar-refractivity contribution in [3.8, 4) is 0 Å². The smallest absolute Gasteiger partial charge is 0.139 e. The van der Waals surface area contributed by atoms with Crippen molar-refractivity contribution in [2.45, 2.75) is 38.8 Å². The van der Waals surface area contributed by atoms with Gasteiger partial charge in [0.25, 0.3) is 0 Å². The van der Waals surface area contributed by atoms with Crippen LogP contribution in [0.25, 0.3) is 0 Å². The minimum absolute atomic E-state index is 0.0113. The van der Waals surface area contributed by atoms with Gasteiger partial charge in [0.2, 0.25) is 0 Å². The van der Waals surface area contributed by atoms with E-state index in [1.165, 1.54) is 24.3 Å². The highest BCUT2D eigenvalue weighted by Gasteiger charge is 2.38. The first-order valence-electron chi connectivity index (χ1n) is 10.9. The lowest BCUT2D eigenvalue weighted by Gasteiger charge is -2.25. The van der Waals surface area contributed by atoms with Crippen molar-refractivity contribution in [2.75, 3.05) is 13.1 Å². The molecular weight excluding hydrogens is 382 g/mol. The Morgan fingerprint density at radius 3 is 1.50 bits per heavy atom. The summed E-state index contributed by atoms with van der Waals surface area (Å²) in [6, 6.07) is 13.6. The van der Waals surface area contributed by atoms with Crippen LogP contribution in [0.5, 0.6) is 0 Å². The van der Waals surface area contributed by atoms with E-state index in [1.54, 1.807) is 0 Å². The maximum atomic E-state index is 13.2. The number of carbonyl (C=O) groups excluding carboxylic acids is 1. The summed E-state index contributed by atoms with van der Waals surface area (Å²) in [4.78, 5) is 13.2. The van der Waals surface area contributed by atoms with Gasteiger partial charge in [0.1, 0.15) is 17.4 Å². The van der Waals surface area contributed by atoms with Crippen LogP contribution in [0.15, 0.2) is 48.5 Å². The molecule has 0 aromatic heterocycles. The van der Waals surface area contributed by atoms with Crippen molar-refractivity contribution >= 4 is 5.78 Å². The van der Waals surface area contributed by atoms with E-state index in [0.29, 0.717) is 5.78 Å². The number of halogens is 2. The van der Waals surface area contributed by atoms with Gasteiger partial charge in [-0.05, 0) is 73.2 Å². The Labute approximate surface area is 177 Å². The van der Waals surface area contributed by atoms with E-state index in [1.807, 2.05) is 24.3 Å². The fourth-order valence-corrected chi connectivity index (χ4v) is 5.07. The second-order valence-corrected chi connectivity index (χ2v) is 9.00. The van der Waals surface area contributed by atoms with Crippen molar-refractivity contribution in [3.63, 3.8) is 0 Å². The molecule has 30 heavy (non-hydrogen) atoms. The average molecular weight is 413 g/mol. The lowest BCUT2D eigenvalue weighted by atomic mass is 9.78. The molecule has 2 heterocycles. The highest BCUT2D eigenvalue weighted by Crippen LogP contribution is 2.37. The quantitative estimate of drug-likeness (QED) is 0.716. The van der Waals surface area contributed by atoms with E-state index >= 15 is 0 Å². The first-order valence-corrected chi connectivity index (χ1v) is 10.9. The van der Waals surface area contributed by atoms with Crippen LogP contribution < -0.4 is 10.6 Å².